The molecule has 2 aliphatic rings. The van der Waals surface area contributed by atoms with Crippen molar-refractivity contribution in [2.24, 2.45) is 11.3 Å². The summed E-state index contributed by atoms with van der Waals surface area (Å²) in [6, 6.07) is 4.77. The third kappa shape index (κ3) is 5.09. The lowest BCUT2D eigenvalue weighted by Crippen LogP contribution is -2.50. The van der Waals surface area contributed by atoms with Gasteiger partial charge in [0.25, 0.3) is 16.0 Å². The average Bonchev–Trinajstić information content (AvgIpc) is 3.25. The van der Waals surface area contributed by atoms with Crippen LogP contribution in [0.25, 0.3) is 0 Å². The van der Waals surface area contributed by atoms with E-state index in [9.17, 15) is 13.2 Å². The number of carbonyl (C=O) groups excluding carboxylic acids is 1. The first-order valence-corrected chi connectivity index (χ1v) is 10.8. The van der Waals surface area contributed by atoms with Crippen LogP contribution in [0.4, 0.5) is 0 Å². The molecular weight excluding hydrogens is 385 g/mol. The Morgan fingerprint density at radius 3 is 2.56 bits per heavy atom. The van der Waals surface area contributed by atoms with Crippen molar-refractivity contribution in [3.8, 4) is 0 Å². The molecule has 2 aliphatic carbocycles. The molecule has 2 saturated carbocycles. The second-order valence-electron chi connectivity index (χ2n) is 7.28. The number of nitrogens with one attached hydrogen (secondary N) is 1. The normalized spacial score (nSPS) is 26.1. The van der Waals surface area contributed by atoms with Gasteiger partial charge in [-0.15, -0.1) is 0 Å². The minimum Gasteiger partial charge on any atom is -0.351 e. The van der Waals surface area contributed by atoms with Crippen molar-refractivity contribution in [1.29, 1.82) is 0 Å². The van der Waals surface area contributed by atoms with Crippen molar-refractivity contribution in [1.82, 2.24) is 5.32 Å². The minimum atomic E-state index is -3.45. The summed E-state index contributed by atoms with van der Waals surface area (Å²) in [5, 5.41) is 3.74. The van der Waals surface area contributed by atoms with E-state index in [1.807, 2.05) is 0 Å². The van der Waals surface area contributed by atoms with Gasteiger partial charge in [-0.2, -0.15) is 8.42 Å². The molecule has 1 N–H and O–H groups in total. The van der Waals surface area contributed by atoms with Crippen LogP contribution in [-0.4, -0.2) is 33.2 Å². The van der Waals surface area contributed by atoms with Crippen LogP contribution in [0.5, 0.6) is 0 Å². The van der Waals surface area contributed by atoms with Gasteiger partial charge < -0.3 is 5.32 Å². The Labute approximate surface area is 158 Å². The van der Waals surface area contributed by atoms with Crippen molar-refractivity contribution in [2.75, 3.05) is 12.8 Å². The molecule has 0 unspecified atom stereocenters. The molecule has 1 aromatic rings. The van der Waals surface area contributed by atoms with Gasteiger partial charge in [-0.3, -0.25) is 8.98 Å². The SMILES string of the molecule is CS(=O)(=O)OC1CC(CNC(=O)c2ccc(Cl)cc2Cl)(CC2CC2)C1. The number of benzene rings is 1. The predicted octanol–water partition coefficient (Wildman–Crippen LogP) is 3.65. The highest BCUT2D eigenvalue weighted by Gasteiger charge is 2.48. The first kappa shape index (κ1) is 19.0. The fourth-order valence-corrected chi connectivity index (χ4v) is 4.70. The Morgan fingerprint density at radius 2 is 2.00 bits per heavy atom. The Kier molecular flexibility index (Phi) is 5.36. The van der Waals surface area contributed by atoms with Crippen LogP contribution in [0.1, 0.15) is 42.5 Å². The number of carbonyl (C=O) groups is 1. The highest BCUT2D eigenvalue weighted by Crippen LogP contribution is 2.52. The standard InChI is InChI=1S/C17H21Cl2NO4S/c1-25(22,23)24-13-8-17(9-13,7-11-2-3-11)10-20-16(21)14-5-4-12(18)6-15(14)19/h4-6,11,13H,2-3,7-10H2,1H3,(H,20,21). The zero-order chi connectivity index (χ0) is 18.2. The fraction of sp³-hybridized carbons (Fsp3) is 0.588. The zero-order valence-corrected chi connectivity index (χ0v) is 16.3. The number of rotatable bonds is 7. The van der Waals surface area contributed by atoms with Crippen molar-refractivity contribution >= 4 is 39.2 Å². The lowest BCUT2D eigenvalue weighted by Gasteiger charge is -2.47. The van der Waals surface area contributed by atoms with E-state index >= 15 is 0 Å². The van der Waals surface area contributed by atoms with Crippen molar-refractivity contribution < 1.29 is 17.4 Å². The van der Waals surface area contributed by atoms with E-state index in [1.165, 1.54) is 18.9 Å². The number of amides is 1. The first-order valence-electron chi connectivity index (χ1n) is 8.27. The van der Waals surface area contributed by atoms with Crippen LogP contribution in [0.3, 0.4) is 0 Å². The maximum atomic E-state index is 12.4. The molecule has 0 atom stereocenters. The van der Waals surface area contributed by atoms with Crippen LogP contribution < -0.4 is 5.32 Å². The van der Waals surface area contributed by atoms with Crippen LogP contribution in [0.15, 0.2) is 18.2 Å². The molecule has 5 nitrogen and oxygen atoms in total. The minimum absolute atomic E-state index is 0.0922. The van der Waals surface area contributed by atoms with Gasteiger partial charge in [-0.25, -0.2) is 0 Å². The summed E-state index contributed by atoms with van der Waals surface area (Å²) < 4.78 is 27.6. The second kappa shape index (κ2) is 7.06. The predicted molar refractivity (Wildman–Crippen MR) is 97.5 cm³/mol. The third-order valence-corrected chi connectivity index (χ3v) is 6.02. The molecule has 1 aromatic carbocycles. The van der Waals surface area contributed by atoms with Crippen LogP contribution >= 0.6 is 23.2 Å². The highest BCUT2D eigenvalue weighted by atomic mass is 35.5. The van der Waals surface area contributed by atoms with Gasteiger partial charge in [0.15, 0.2) is 0 Å². The summed E-state index contributed by atoms with van der Waals surface area (Å²) in [6.07, 6.45) is 5.47. The van der Waals surface area contributed by atoms with Gasteiger partial charge >= 0.3 is 0 Å². The molecule has 2 fully saturated rings. The van der Waals surface area contributed by atoms with E-state index in [0.717, 1.165) is 12.7 Å². The smallest absolute Gasteiger partial charge is 0.264 e. The van der Waals surface area contributed by atoms with Crippen molar-refractivity contribution in [3.63, 3.8) is 0 Å². The highest BCUT2D eigenvalue weighted by molar-refractivity contribution is 7.86. The van der Waals surface area contributed by atoms with Gasteiger partial charge in [-0.05, 0) is 48.8 Å². The van der Waals surface area contributed by atoms with Gasteiger partial charge in [0.1, 0.15) is 0 Å². The van der Waals surface area contributed by atoms with Gasteiger partial charge in [0.05, 0.1) is 22.9 Å². The molecule has 0 bridgehead atoms. The topological polar surface area (TPSA) is 72.5 Å². The van der Waals surface area contributed by atoms with E-state index in [-0.39, 0.29) is 17.4 Å². The van der Waals surface area contributed by atoms with E-state index < -0.39 is 10.1 Å². The molecule has 1 amide bonds. The Hall–Kier alpha value is -0.820. The Bertz CT molecular complexity index is 771. The largest absolute Gasteiger partial charge is 0.351 e. The lowest BCUT2D eigenvalue weighted by atomic mass is 9.63. The van der Waals surface area contributed by atoms with E-state index in [1.54, 1.807) is 12.1 Å². The summed E-state index contributed by atoms with van der Waals surface area (Å²) in [7, 11) is -3.45. The molecule has 0 heterocycles. The maximum absolute atomic E-state index is 12.4. The molecule has 0 radical (unpaired) electrons. The van der Waals surface area contributed by atoms with E-state index in [0.29, 0.717) is 40.9 Å². The maximum Gasteiger partial charge on any atom is 0.264 e. The average molecular weight is 406 g/mol. The second-order valence-corrected chi connectivity index (χ2v) is 9.73. The number of hydrogen-bond donors (Lipinski definition) is 1. The van der Waals surface area contributed by atoms with Gasteiger partial charge in [0.2, 0.25) is 0 Å². The van der Waals surface area contributed by atoms with E-state index in [2.05, 4.69) is 5.32 Å². The van der Waals surface area contributed by atoms with Crippen molar-refractivity contribution in [3.05, 3.63) is 33.8 Å². The number of halogens is 2. The van der Waals surface area contributed by atoms with Crippen LogP contribution in [-0.2, 0) is 14.3 Å². The fourth-order valence-electron chi connectivity index (χ4n) is 3.58. The Balaban J connectivity index is 1.61. The van der Waals surface area contributed by atoms with Gasteiger partial charge in [0, 0.05) is 11.6 Å². The Morgan fingerprint density at radius 1 is 1.32 bits per heavy atom. The first-order chi connectivity index (χ1) is 11.7. The van der Waals surface area contributed by atoms with Crippen LogP contribution in [0, 0.1) is 11.3 Å². The van der Waals surface area contributed by atoms with Crippen LogP contribution in [0.2, 0.25) is 10.0 Å². The summed E-state index contributed by atoms with van der Waals surface area (Å²) in [6.45, 7) is 0.491. The number of hydrogen-bond acceptors (Lipinski definition) is 4. The lowest BCUT2D eigenvalue weighted by molar-refractivity contribution is -0.0188. The summed E-state index contributed by atoms with van der Waals surface area (Å²) in [5.74, 6) is 0.430. The molecule has 3 rings (SSSR count). The molecule has 0 aromatic heterocycles. The van der Waals surface area contributed by atoms with Crippen molar-refractivity contribution in [2.45, 2.75) is 38.2 Å². The molecule has 25 heavy (non-hydrogen) atoms. The molecule has 8 heteroatoms. The molecule has 0 saturated heterocycles. The monoisotopic (exact) mass is 405 g/mol. The molecule has 0 aliphatic heterocycles. The summed E-state index contributed by atoms with van der Waals surface area (Å²) >= 11 is 11.9. The molecule has 138 valence electrons. The summed E-state index contributed by atoms with van der Waals surface area (Å²) in [4.78, 5) is 12.4. The third-order valence-electron chi connectivity index (χ3n) is 4.85. The quantitative estimate of drug-likeness (QED) is 0.702. The van der Waals surface area contributed by atoms with Gasteiger partial charge in [-0.1, -0.05) is 36.0 Å². The van der Waals surface area contributed by atoms with E-state index in [4.69, 9.17) is 27.4 Å². The summed E-state index contributed by atoms with van der Waals surface area (Å²) in [5.41, 5.74) is 0.293. The molecule has 0 spiro atoms. The molecular formula is C17H21Cl2NO4S. The zero-order valence-electron chi connectivity index (χ0n) is 13.9.